The van der Waals surface area contributed by atoms with E-state index in [0.717, 1.165) is 12.1 Å². The highest BCUT2D eigenvalue weighted by Crippen LogP contribution is 2.21. The normalized spacial score (nSPS) is 11.3. The largest absolute Gasteiger partial charge is 0.481 e. The van der Waals surface area contributed by atoms with E-state index in [2.05, 4.69) is 4.98 Å². The van der Waals surface area contributed by atoms with Crippen LogP contribution in [0.3, 0.4) is 0 Å². The highest BCUT2D eigenvalue weighted by molar-refractivity contribution is 7.90. The Hall–Kier alpha value is -1.95. The first-order valence-corrected chi connectivity index (χ1v) is 7.14. The van der Waals surface area contributed by atoms with Gasteiger partial charge in [0, 0.05) is 11.8 Å². The zero-order valence-electron chi connectivity index (χ0n) is 10.2. The van der Waals surface area contributed by atoms with Gasteiger partial charge in [-0.2, -0.15) is 0 Å². The molecule has 0 spiro atoms. The molecule has 2 aromatic rings. The molecule has 19 heavy (non-hydrogen) atoms. The van der Waals surface area contributed by atoms with Crippen molar-refractivity contribution in [3.8, 4) is 5.88 Å². The first-order chi connectivity index (χ1) is 9.03. The summed E-state index contributed by atoms with van der Waals surface area (Å²) < 4.78 is 42.2. The number of ether oxygens (including phenoxy) is 1. The molecule has 1 aromatic heterocycles. The minimum atomic E-state index is -3.55. The van der Waals surface area contributed by atoms with E-state index in [1.807, 2.05) is 0 Å². The number of halogens is 1. The Morgan fingerprint density at radius 2 is 1.89 bits per heavy atom. The second-order valence-corrected chi connectivity index (χ2v) is 5.87. The first-order valence-electron chi connectivity index (χ1n) is 5.49. The maximum absolute atomic E-state index is 12.8. The molecule has 0 aliphatic rings. The summed E-state index contributed by atoms with van der Waals surface area (Å²) in [7, 11) is -2.12. The Labute approximate surface area is 110 Å². The van der Waals surface area contributed by atoms with Gasteiger partial charge in [-0.25, -0.2) is 17.8 Å². The summed E-state index contributed by atoms with van der Waals surface area (Å²) in [4.78, 5) is 4.01. The van der Waals surface area contributed by atoms with Crippen molar-refractivity contribution in [1.82, 2.24) is 4.98 Å². The van der Waals surface area contributed by atoms with E-state index < -0.39 is 15.7 Å². The summed E-state index contributed by atoms with van der Waals surface area (Å²) in [6.07, 6.45) is 1.52. The van der Waals surface area contributed by atoms with Crippen LogP contribution in [0, 0.1) is 5.82 Å². The number of aromatic nitrogens is 1. The summed E-state index contributed by atoms with van der Waals surface area (Å²) >= 11 is 0. The lowest BCUT2D eigenvalue weighted by molar-refractivity contribution is 0.394. The van der Waals surface area contributed by atoms with E-state index in [-0.39, 0.29) is 16.5 Å². The van der Waals surface area contributed by atoms with Gasteiger partial charge in [-0.05, 0) is 30.3 Å². The van der Waals surface area contributed by atoms with Crippen molar-refractivity contribution < 1.29 is 17.5 Å². The summed E-state index contributed by atoms with van der Waals surface area (Å²) in [5.41, 5.74) is 0.467. The fourth-order valence-corrected chi connectivity index (χ4v) is 2.99. The summed E-state index contributed by atoms with van der Waals surface area (Å²) in [6, 6.07) is 7.99. The lowest BCUT2D eigenvalue weighted by atomic mass is 10.3. The van der Waals surface area contributed by atoms with E-state index in [9.17, 15) is 12.8 Å². The van der Waals surface area contributed by atoms with E-state index in [1.54, 1.807) is 12.1 Å². The number of sulfone groups is 1. The Kier molecular flexibility index (Phi) is 3.80. The number of benzene rings is 1. The van der Waals surface area contributed by atoms with Crippen molar-refractivity contribution in [1.29, 1.82) is 0 Å². The van der Waals surface area contributed by atoms with Gasteiger partial charge in [-0.1, -0.05) is 6.07 Å². The Morgan fingerprint density at radius 1 is 1.21 bits per heavy atom. The molecule has 0 saturated heterocycles. The molecule has 1 aromatic carbocycles. The van der Waals surface area contributed by atoms with Gasteiger partial charge >= 0.3 is 0 Å². The maximum Gasteiger partial charge on any atom is 0.217 e. The zero-order chi connectivity index (χ0) is 13.9. The van der Waals surface area contributed by atoms with Crippen LogP contribution < -0.4 is 4.74 Å². The zero-order valence-corrected chi connectivity index (χ0v) is 11.0. The molecule has 0 fully saturated rings. The first kappa shape index (κ1) is 13.5. The molecule has 0 radical (unpaired) electrons. The lowest BCUT2D eigenvalue weighted by Crippen LogP contribution is -2.07. The SMILES string of the molecule is COc1ncccc1CS(=O)(=O)c1ccc(F)cc1. The van der Waals surface area contributed by atoms with E-state index in [1.165, 1.54) is 25.4 Å². The number of nitrogens with zero attached hydrogens (tertiary/aromatic N) is 1. The minimum absolute atomic E-state index is 0.0693. The molecule has 0 aliphatic heterocycles. The molecule has 4 nitrogen and oxygen atoms in total. The third-order valence-corrected chi connectivity index (χ3v) is 4.24. The molecule has 1 heterocycles. The molecular formula is C13H12FNO3S. The van der Waals surface area contributed by atoms with Crippen LogP contribution in [-0.4, -0.2) is 20.5 Å². The maximum atomic E-state index is 12.8. The monoisotopic (exact) mass is 281 g/mol. The molecule has 0 atom stereocenters. The molecule has 100 valence electrons. The van der Waals surface area contributed by atoms with Crippen LogP contribution >= 0.6 is 0 Å². The van der Waals surface area contributed by atoms with Gasteiger partial charge < -0.3 is 4.74 Å². The van der Waals surface area contributed by atoms with Crippen LogP contribution in [-0.2, 0) is 15.6 Å². The van der Waals surface area contributed by atoms with Crippen LogP contribution in [0.25, 0.3) is 0 Å². The van der Waals surface area contributed by atoms with Crippen LogP contribution in [0.1, 0.15) is 5.56 Å². The number of hydrogen-bond acceptors (Lipinski definition) is 4. The fraction of sp³-hybridized carbons (Fsp3) is 0.154. The molecule has 0 bridgehead atoms. The third kappa shape index (κ3) is 3.08. The Bertz CT molecular complexity index is 669. The Balaban J connectivity index is 2.34. The van der Waals surface area contributed by atoms with Crippen molar-refractivity contribution in [3.05, 3.63) is 54.0 Å². The number of pyridine rings is 1. The average Bonchev–Trinajstić information content (AvgIpc) is 2.39. The molecule has 0 aliphatic carbocycles. The summed E-state index contributed by atoms with van der Waals surface area (Å²) in [5.74, 6) is -0.443. The van der Waals surface area contributed by atoms with Crippen molar-refractivity contribution >= 4 is 9.84 Å². The summed E-state index contributed by atoms with van der Waals surface area (Å²) in [6.45, 7) is 0. The smallest absolute Gasteiger partial charge is 0.217 e. The minimum Gasteiger partial charge on any atom is -0.481 e. The van der Waals surface area contributed by atoms with Crippen molar-refractivity contribution in [2.75, 3.05) is 7.11 Å². The van der Waals surface area contributed by atoms with Crippen LogP contribution in [0.4, 0.5) is 4.39 Å². The Morgan fingerprint density at radius 3 is 2.53 bits per heavy atom. The van der Waals surface area contributed by atoms with E-state index in [4.69, 9.17) is 4.74 Å². The van der Waals surface area contributed by atoms with Crippen molar-refractivity contribution in [2.45, 2.75) is 10.6 Å². The number of hydrogen-bond donors (Lipinski definition) is 0. The summed E-state index contributed by atoms with van der Waals surface area (Å²) in [5, 5.41) is 0. The highest BCUT2D eigenvalue weighted by atomic mass is 32.2. The van der Waals surface area contributed by atoms with Crippen LogP contribution in [0.2, 0.25) is 0 Å². The quantitative estimate of drug-likeness (QED) is 0.806. The van der Waals surface area contributed by atoms with Gasteiger partial charge in [0.25, 0.3) is 0 Å². The van der Waals surface area contributed by atoms with E-state index >= 15 is 0 Å². The van der Waals surface area contributed by atoms with Gasteiger partial charge in [0.2, 0.25) is 5.88 Å². The molecule has 0 N–H and O–H groups in total. The van der Waals surface area contributed by atoms with Crippen LogP contribution in [0.5, 0.6) is 5.88 Å². The average molecular weight is 281 g/mol. The third-order valence-electron chi connectivity index (χ3n) is 2.56. The van der Waals surface area contributed by atoms with Gasteiger partial charge in [0.1, 0.15) is 5.82 Å². The van der Waals surface area contributed by atoms with E-state index in [0.29, 0.717) is 5.56 Å². The predicted octanol–water partition coefficient (Wildman–Crippen LogP) is 2.20. The highest BCUT2D eigenvalue weighted by Gasteiger charge is 2.18. The molecular weight excluding hydrogens is 269 g/mol. The van der Waals surface area contributed by atoms with Crippen molar-refractivity contribution in [2.24, 2.45) is 0 Å². The van der Waals surface area contributed by atoms with Gasteiger partial charge in [-0.3, -0.25) is 0 Å². The molecule has 0 amide bonds. The second-order valence-electron chi connectivity index (χ2n) is 3.88. The van der Waals surface area contributed by atoms with Gasteiger partial charge in [-0.15, -0.1) is 0 Å². The molecule has 6 heteroatoms. The molecule has 0 unspecified atom stereocenters. The number of methoxy groups -OCH3 is 1. The van der Waals surface area contributed by atoms with Gasteiger partial charge in [0.15, 0.2) is 9.84 Å². The fourth-order valence-electron chi connectivity index (χ4n) is 1.65. The lowest BCUT2D eigenvalue weighted by Gasteiger charge is -2.08. The standard InChI is InChI=1S/C13H12FNO3S/c1-18-13-10(3-2-8-15-13)9-19(16,17)12-6-4-11(14)5-7-12/h2-8H,9H2,1H3. The number of rotatable bonds is 4. The molecule has 2 rings (SSSR count). The van der Waals surface area contributed by atoms with Crippen molar-refractivity contribution in [3.63, 3.8) is 0 Å². The van der Waals surface area contributed by atoms with Gasteiger partial charge in [0.05, 0.1) is 17.8 Å². The topological polar surface area (TPSA) is 56.3 Å². The van der Waals surface area contributed by atoms with Crippen LogP contribution in [0.15, 0.2) is 47.5 Å². The second kappa shape index (κ2) is 5.36. The molecule has 0 saturated carbocycles. The predicted molar refractivity (Wildman–Crippen MR) is 68.1 cm³/mol.